The molecular weight excluding hydrogens is 272 g/mol. The number of alkyl halides is 2. The Balaban J connectivity index is 2.81. The molecule has 0 aliphatic heterocycles. The monoisotopic (exact) mass is 293 g/mol. The van der Waals surface area contributed by atoms with Crippen LogP contribution in [0.2, 0.25) is 0 Å². The minimum Gasteiger partial charge on any atom is -0.467 e. The Kier molecular flexibility index (Phi) is 4.61. The molecule has 0 unspecified atom stereocenters. The van der Waals surface area contributed by atoms with Crippen LogP contribution in [-0.4, -0.2) is 36.2 Å². The number of rotatable bonds is 2. The first-order valence-corrected chi connectivity index (χ1v) is 6.47. The molecule has 5 nitrogen and oxygen atoms in total. The van der Waals surface area contributed by atoms with Gasteiger partial charge < -0.3 is 14.8 Å². The smallest absolute Gasteiger partial charge is 0.408 e. The number of halogens is 2. The van der Waals surface area contributed by atoms with Crippen LogP contribution in [-0.2, 0) is 14.3 Å². The molecule has 1 saturated carbocycles. The highest BCUT2D eigenvalue weighted by atomic mass is 19.3. The topological polar surface area (TPSA) is 64.6 Å². The lowest BCUT2D eigenvalue weighted by atomic mass is 9.80. The van der Waals surface area contributed by atoms with E-state index in [1.165, 1.54) is 0 Å². The molecule has 7 heteroatoms. The second-order valence-electron chi connectivity index (χ2n) is 6.06. The summed E-state index contributed by atoms with van der Waals surface area (Å²) in [7, 11) is 1.16. The second-order valence-corrected chi connectivity index (χ2v) is 6.06. The van der Waals surface area contributed by atoms with Gasteiger partial charge in [0.1, 0.15) is 11.1 Å². The van der Waals surface area contributed by atoms with E-state index in [1.54, 1.807) is 20.8 Å². The number of carbonyl (C=O) groups excluding carboxylic acids is 2. The van der Waals surface area contributed by atoms with Crippen molar-refractivity contribution in [1.29, 1.82) is 0 Å². The average molecular weight is 293 g/mol. The third kappa shape index (κ3) is 4.31. The maximum Gasteiger partial charge on any atom is 0.408 e. The Morgan fingerprint density at radius 1 is 1.10 bits per heavy atom. The Bertz CT molecular complexity index is 380. The number of hydrogen-bond donors (Lipinski definition) is 1. The molecule has 0 aromatic carbocycles. The van der Waals surface area contributed by atoms with Gasteiger partial charge in [-0.1, -0.05) is 0 Å². The Morgan fingerprint density at radius 2 is 1.60 bits per heavy atom. The number of carbonyl (C=O) groups is 2. The molecule has 1 fully saturated rings. The molecule has 0 atom stereocenters. The van der Waals surface area contributed by atoms with Crippen molar-refractivity contribution in [2.24, 2.45) is 0 Å². The maximum absolute atomic E-state index is 13.2. The van der Waals surface area contributed by atoms with E-state index in [0.717, 1.165) is 7.11 Å². The summed E-state index contributed by atoms with van der Waals surface area (Å²) in [6.45, 7) is 5.02. The minimum atomic E-state index is -2.81. The molecule has 0 saturated heterocycles. The lowest BCUT2D eigenvalue weighted by Gasteiger charge is -2.38. The fourth-order valence-electron chi connectivity index (χ4n) is 2.12. The van der Waals surface area contributed by atoms with Gasteiger partial charge in [-0.05, 0) is 33.6 Å². The molecule has 0 bridgehead atoms. The summed E-state index contributed by atoms with van der Waals surface area (Å²) in [6, 6.07) is 0. The highest BCUT2D eigenvalue weighted by Gasteiger charge is 2.50. The van der Waals surface area contributed by atoms with E-state index < -0.39 is 42.0 Å². The largest absolute Gasteiger partial charge is 0.467 e. The lowest BCUT2D eigenvalue weighted by molar-refractivity contribution is -0.154. The molecule has 1 aliphatic rings. The summed E-state index contributed by atoms with van der Waals surface area (Å²) in [5, 5.41) is 2.41. The molecule has 116 valence electrons. The van der Waals surface area contributed by atoms with Gasteiger partial charge in [-0.15, -0.1) is 0 Å². The van der Waals surface area contributed by atoms with Gasteiger partial charge in [0.2, 0.25) is 5.92 Å². The van der Waals surface area contributed by atoms with Crippen LogP contribution in [0.4, 0.5) is 13.6 Å². The second kappa shape index (κ2) is 5.54. The molecule has 0 aromatic heterocycles. The van der Waals surface area contributed by atoms with Crippen molar-refractivity contribution in [3.63, 3.8) is 0 Å². The molecule has 1 aliphatic carbocycles. The van der Waals surface area contributed by atoms with Crippen LogP contribution in [0.25, 0.3) is 0 Å². The fraction of sp³-hybridized carbons (Fsp3) is 0.846. The third-order valence-electron chi connectivity index (χ3n) is 3.15. The van der Waals surface area contributed by atoms with Gasteiger partial charge in [-0.2, -0.15) is 0 Å². The minimum absolute atomic E-state index is 0.175. The number of alkyl carbamates (subject to hydrolysis) is 1. The summed E-state index contributed by atoms with van der Waals surface area (Å²) in [4.78, 5) is 23.6. The predicted molar refractivity (Wildman–Crippen MR) is 67.5 cm³/mol. The van der Waals surface area contributed by atoms with Crippen LogP contribution < -0.4 is 5.32 Å². The zero-order valence-corrected chi connectivity index (χ0v) is 12.2. The van der Waals surface area contributed by atoms with Gasteiger partial charge in [-0.3, -0.25) is 0 Å². The summed E-state index contributed by atoms with van der Waals surface area (Å²) in [6.07, 6.45) is -2.11. The summed E-state index contributed by atoms with van der Waals surface area (Å²) < 4.78 is 36.2. The van der Waals surface area contributed by atoms with Gasteiger partial charge >= 0.3 is 12.1 Å². The fourth-order valence-corrected chi connectivity index (χ4v) is 2.12. The van der Waals surface area contributed by atoms with E-state index in [0.29, 0.717) is 0 Å². The molecule has 20 heavy (non-hydrogen) atoms. The number of ether oxygens (including phenoxy) is 2. The van der Waals surface area contributed by atoms with Gasteiger partial charge in [0.25, 0.3) is 0 Å². The van der Waals surface area contributed by atoms with E-state index >= 15 is 0 Å². The molecule has 1 amide bonds. The van der Waals surface area contributed by atoms with Crippen LogP contribution in [0.5, 0.6) is 0 Å². The molecule has 0 heterocycles. The van der Waals surface area contributed by atoms with Crippen LogP contribution in [0.3, 0.4) is 0 Å². The quantitative estimate of drug-likeness (QED) is 0.795. The summed E-state index contributed by atoms with van der Waals surface area (Å²) in [5.74, 6) is -3.54. The van der Waals surface area contributed by atoms with Crippen molar-refractivity contribution >= 4 is 12.1 Å². The molecule has 0 spiro atoms. The molecular formula is C13H21F2NO4. The van der Waals surface area contributed by atoms with Crippen LogP contribution >= 0.6 is 0 Å². The number of hydrogen-bond acceptors (Lipinski definition) is 4. The van der Waals surface area contributed by atoms with Gasteiger partial charge in [0.05, 0.1) is 7.11 Å². The van der Waals surface area contributed by atoms with Crippen molar-refractivity contribution < 1.29 is 27.8 Å². The Morgan fingerprint density at radius 3 is 2.00 bits per heavy atom. The number of nitrogens with one attached hydrogen (secondary N) is 1. The van der Waals surface area contributed by atoms with Crippen molar-refractivity contribution in [2.45, 2.75) is 63.5 Å². The average Bonchev–Trinajstić information content (AvgIpc) is 2.29. The highest BCUT2D eigenvalue weighted by Crippen LogP contribution is 2.39. The standard InChI is InChI=1S/C13H21F2NO4/c1-11(2,3)20-10(18)16-12(9(17)19-4)5-7-13(14,15)8-6-12/h5-8H2,1-4H3,(H,16,18). The summed E-state index contributed by atoms with van der Waals surface area (Å²) >= 11 is 0. The zero-order chi connectivity index (χ0) is 15.6. The third-order valence-corrected chi connectivity index (χ3v) is 3.15. The van der Waals surface area contributed by atoms with Crippen molar-refractivity contribution in [1.82, 2.24) is 5.32 Å². The first-order chi connectivity index (χ1) is 9.00. The van der Waals surface area contributed by atoms with Gasteiger partial charge in [0, 0.05) is 12.8 Å². The van der Waals surface area contributed by atoms with Crippen molar-refractivity contribution in [3.8, 4) is 0 Å². The van der Waals surface area contributed by atoms with E-state index in [2.05, 4.69) is 10.1 Å². The van der Waals surface area contributed by atoms with Crippen LogP contribution in [0.15, 0.2) is 0 Å². The Hall–Kier alpha value is -1.40. The predicted octanol–water partition coefficient (Wildman–Crippen LogP) is 2.63. The van der Waals surface area contributed by atoms with Crippen LogP contribution in [0.1, 0.15) is 46.5 Å². The van der Waals surface area contributed by atoms with E-state index in [4.69, 9.17) is 4.74 Å². The van der Waals surface area contributed by atoms with Crippen LogP contribution in [0, 0.1) is 0 Å². The highest BCUT2D eigenvalue weighted by molar-refractivity contribution is 5.86. The molecule has 0 radical (unpaired) electrons. The maximum atomic E-state index is 13.2. The molecule has 1 N–H and O–H groups in total. The summed E-state index contributed by atoms with van der Waals surface area (Å²) in [5.41, 5.74) is -2.17. The van der Waals surface area contributed by atoms with Crippen molar-refractivity contribution in [2.75, 3.05) is 7.11 Å². The number of methoxy groups -OCH3 is 1. The number of amides is 1. The van der Waals surface area contributed by atoms with Gasteiger partial charge in [-0.25, -0.2) is 18.4 Å². The number of esters is 1. The Labute approximate surface area is 117 Å². The lowest BCUT2D eigenvalue weighted by Crippen LogP contribution is -2.58. The normalized spacial score (nSPS) is 20.9. The molecule has 1 rings (SSSR count). The van der Waals surface area contributed by atoms with E-state index in [1.807, 2.05) is 0 Å². The SMILES string of the molecule is COC(=O)C1(NC(=O)OC(C)(C)C)CCC(F)(F)CC1. The van der Waals surface area contributed by atoms with E-state index in [9.17, 15) is 18.4 Å². The van der Waals surface area contributed by atoms with Crippen molar-refractivity contribution in [3.05, 3.63) is 0 Å². The molecule has 0 aromatic rings. The van der Waals surface area contributed by atoms with E-state index in [-0.39, 0.29) is 12.8 Å². The van der Waals surface area contributed by atoms with Gasteiger partial charge in [0.15, 0.2) is 0 Å². The zero-order valence-electron chi connectivity index (χ0n) is 12.2. The first-order valence-electron chi connectivity index (χ1n) is 6.47. The first kappa shape index (κ1) is 16.7.